The van der Waals surface area contributed by atoms with Gasteiger partial charge in [-0.15, -0.1) is 0 Å². The first-order valence-electron chi connectivity index (χ1n) is 3.97. The fraction of sp³-hybridized carbons (Fsp3) is 0.250. The summed E-state index contributed by atoms with van der Waals surface area (Å²) in [5.41, 5.74) is 8.95. The predicted molar refractivity (Wildman–Crippen MR) is 48.5 cm³/mol. The fourth-order valence-corrected chi connectivity index (χ4v) is 1.15. The molecule has 0 saturated heterocycles. The molecule has 82 valence electrons. The van der Waals surface area contributed by atoms with E-state index in [0.29, 0.717) is 0 Å². The molecule has 0 saturated carbocycles. The lowest BCUT2D eigenvalue weighted by atomic mass is 10.1. The summed E-state index contributed by atoms with van der Waals surface area (Å²) in [5.74, 6) is -1.49. The molecule has 0 unspecified atom stereocenters. The van der Waals surface area contributed by atoms with Gasteiger partial charge in [-0.2, -0.15) is 0 Å². The summed E-state index contributed by atoms with van der Waals surface area (Å²) >= 11 is 0. The number of alkyl halides is 2. The molecule has 1 rings (SSSR count). The Labute approximate surface area is 83.7 Å². The number of aromatic carboxylic acids is 1. The molecule has 0 bridgehead atoms. The third-order valence-electron chi connectivity index (χ3n) is 1.88. The van der Waals surface area contributed by atoms with Gasteiger partial charge in [0.25, 0.3) is 6.43 Å². The Kier molecular flexibility index (Phi) is 3.15. The zero-order valence-electron chi connectivity index (χ0n) is 7.58. The van der Waals surface area contributed by atoms with E-state index in [1.165, 1.54) is 0 Å². The molecule has 0 aliphatic heterocycles. The van der Waals surface area contributed by atoms with Crippen LogP contribution in [0.3, 0.4) is 0 Å². The Bertz CT molecular complexity index is 396. The van der Waals surface area contributed by atoms with Gasteiger partial charge in [-0.1, -0.05) is 0 Å². The zero-order chi connectivity index (χ0) is 11.6. The lowest BCUT2D eigenvalue weighted by Gasteiger charge is -2.10. The number of nitrogens with two attached hydrogens (primary N) is 2. The number of carboxylic acid groups (broad SMARTS) is 1. The molecule has 1 aromatic rings. The number of nitrogen functional groups attached to an aromatic ring is 1. The van der Waals surface area contributed by atoms with Crippen molar-refractivity contribution in [3.63, 3.8) is 0 Å². The van der Waals surface area contributed by atoms with Crippen LogP contribution in [0.15, 0.2) is 6.20 Å². The molecule has 1 heterocycles. The van der Waals surface area contributed by atoms with Crippen LogP contribution in [-0.4, -0.2) is 16.1 Å². The normalized spacial score (nSPS) is 10.7. The number of carboxylic acids is 1. The monoisotopic (exact) mass is 217 g/mol. The van der Waals surface area contributed by atoms with E-state index in [-0.39, 0.29) is 17.9 Å². The number of rotatable bonds is 3. The molecule has 0 aliphatic carbocycles. The van der Waals surface area contributed by atoms with Gasteiger partial charge in [-0.3, -0.25) is 4.98 Å². The summed E-state index contributed by atoms with van der Waals surface area (Å²) in [6, 6.07) is 0. The van der Waals surface area contributed by atoms with Crippen molar-refractivity contribution in [1.82, 2.24) is 4.98 Å². The summed E-state index contributed by atoms with van der Waals surface area (Å²) < 4.78 is 25.1. The maximum Gasteiger partial charge on any atom is 0.337 e. The van der Waals surface area contributed by atoms with Gasteiger partial charge >= 0.3 is 5.97 Å². The number of aromatic nitrogens is 1. The maximum atomic E-state index is 12.6. The number of hydrogen-bond acceptors (Lipinski definition) is 4. The highest BCUT2D eigenvalue weighted by molar-refractivity contribution is 5.91. The second-order valence-corrected chi connectivity index (χ2v) is 2.76. The Morgan fingerprint density at radius 2 is 2.20 bits per heavy atom. The van der Waals surface area contributed by atoms with Crippen LogP contribution < -0.4 is 11.5 Å². The molecule has 0 aromatic carbocycles. The van der Waals surface area contributed by atoms with E-state index in [4.69, 9.17) is 16.6 Å². The standard InChI is InChI=1S/C8H9F2N3O2/c9-7(10)5-3(8(14)15)2-13-4(1-11)6(5)12/h2,7H,1,11-12H2,(H,14,15). The van der Waals surface area contributed by atoms with Crippen LogP contribution in [0.2, 0.25) is 0 Å². The van der Waals surface area contributed by atoms with Gasteiger partial charge in [0.15, 0.2) is 0 Å². The summed E-state index contributed by atoms with van der Waals surface area (Å²) in [4.78, 5) is 14.2. The van der Waals surface area contributed by atoms with Gasteiger partial charge < -0.3 is 16.6 Å². The number of anilines is 1. The van der Waals surface area contributed by atoms with Crippen LogP contribution in [0, 0.1) is 0 Å². The Morgan fingerprint density at radius 1 is 1.60 bits per heavy atom. The minimum atomic E-state index is -2.97. The molecular weight excluding hydrogens is 208 g/mol. The molecule has 7 heteroatoms. The van der Waals surface area contributed by atoms with E-state index in [9.17, 15) is 13.6 Å². The van der Waals surface area contributed by atoms with Crippen LogP contribution in [0.4, 0.5) is 14.5 Å². The van der Waals surface area contributed by atoms with Crippen molar-refractivity contribution in [3.05, 3.63) is 23.0 Å². The number of nitrogens with zero attached hydrogens (tertiary/aromatic N) is 1. The number of carbonyl (C=O) groups is 1. The quantitative estimate of drug-likeness (QED) is 0.693. The first-order chi connectivity index (χ1) is 6.99. The van der Waals surface area contributed by atoms with E-state index >= 15 is 0 Å². The third-order valence-corrected chi connectivity index (χ3v) is 1.88. The summed E-state index contributed by atoms with van der Waals surface area (Å²) in [6.07, 6.45) is -2.13. The predicted octanol–water partition coefficient (Wildman–Crippen LogP) is 0.758. The lowest BCUT2D eigenvalue weighted by molar-refractivity contribution is 0.0684. The van der Waals surface area contributed by atoms with Gasteiger partial charge in [0.1, 0.15) is 0 Å². The van der Waals surface area contributed by atoms with Crippen molar-refractivity contribution in [2.75, 3.05) is 5.73 Å². The lowest BCUT2D eigenvalue weighted by Crippen LogP contribution is -2.13. The van der Waals surface area contributed by atoms with Gasteiger partial charge in [0, 0.05) is 12.7 Å². The Balaban J connectivity index is 3.44. The van der Waals surface area contributed by atoms with E-state index in [0.717, 1.165) is 6.20 Å². The number of hydrogen-bond donors (Lipinski definition) is 3. The molecule has 0 atom stereocenters. The Morgan fingerprint density at radius 3 is 2.60 bits per heavy atom. The highest BCUT2D eigenvalue weighted by Gasteiger charge is 2.23. The van der Waals surface area contributed by atoms with Gasteiger partial charge in [0.05, 0.1) is 22.5 Å². The molecular formula is C8H9F2N3O2. The SMILES string of the molecule is NCc1ncc(C(=O)O)c(C(F)F)c1N. The highest BCUT2D eigenvalue weighted by atomic mass is 19.3. The van der Waals surface area contributed by atoms with E-state index in [1.807, 2.05) is 0 Å². The first-order valence-corrected chi connectivity index (χ1v) is 3.97. The zero-order valence-corrected chi connectivity index (χ0v) is 7.58. The van der Waals surface area contributed by atoms with Crippen molar-refractivity contribution < 1.29 is 18.7 Å². The average Bonchev–Trinajstić information content (AvgIpc) is 2.16. The van der Waals surface area contributed by atoms with Crippen molar-refractivity contribution in [2.24, 2.45) is 5.73 Å². The largest absolute Gasteiger partial charge is 0.478 e. The van der Waals surface area contributed by atoms with Gasteiger partial charge in [0.2, 0.25) is 0 Å². The number of halogens is 2. The van der Waals surface area contributed by atoms with Crippen LogP contribution in [0.5, 0.6) is 0 Å². The second kappa shape index (κ2) is 4.18. The van der Waals surface area contributed by atoms with E-state index in [1.54, 1.807) is 0 Å². The van der Waals surface area contributed by atoms with Crippen LogP contribution >= 0.6 is 0 Å². The highest BCUT2D eigenvalue weighted by Crippen LogP contribution is 2.29. The summed E-state index contributed by atoms with van der Waals surface area (Å²) in [5, 5.41) is 8.64. The fourth-order valence-electron chi connectivity index (χ4n) is 1.15. The first kappa shape index (κ1) is 11.3. The topological polar surface area (TPSA) is 102 Å². The Hall–Kier alpha value is -1.76. The molecule has 0 radical (unpaired) electrons. The molecule has 0 amide bonds. The molecule has 15 heavy (non-hydrogen) atoms. The van der Waals surface area contributed by atoms with Crippen molar-refractivity contribution in [3.8, 4) is 0 Å². The van der Waals surface area contributed by atoms with Crippen LogP contribution in [-0.2, 0) is 6.54 Å². The second-order valence-electron chi connectivity index (χ2n) is 2.76. The van der Waals surface area contributed by atoms with Gasteiger partial charge in [-0.05, 0) is 0 Å². The van der Waals surface area contributed by atoms with Gasteiger partial charge in [-0.25, -0.2) is 13.6 Å². The maximum absolute atomic E-state index is 12.6. The van der Waals surface area contributed by atoms with Crippen molar-refractivity contribution in [2.45, 2.75) is 13.0 Å². The van der Waals surface area contributed by atoms with E-state index < -0.39 is 23.5 Å². The van der Waals surface area contributed by atoms with E-state index in [2.05, 4.69) is 4.98 Å². The molecule has 5 nitrogen and oxygen atoms in total. The summed E-state index contributed by atoms with van der Waals surface area (Å²) in [6.45, 7) is -0.120. The average molecular weight is 217 g/mol. The van der Waals surface area contributed by atoms with Crippen LogP contribution in [0.1, 0.15) is 28.0 Å². The third kappa shape index (κ3) is 2.01. The molecule has 0 aliphatic rings. The summed E-state index contributed by atoms with van der Waals surface area (Å²) in [7, 11) is 0. The molecule has 0 fully saturated rings. The van der Waals surface area contributed by atoms with Crippen molar-refractivity contribution >= 4 is 11.7 Å². The minimum Gasteiger partial charge on any atom is -0.478 e. The van der Waals surface area contributed by atoms with Crippen molar-refractivity contribution in [1.29, 1.82) is 0 Å². The minimum absolute atomic E-state index is 0.0651. The van der Waals surface area contributed by atoms with Crippen LogP contribution in [0.25, 0.3) is 0 Å². The number of pyridine rings is 1. The molecule has 5 N–H and O–H groups in total. The molecule has 0 spiro atoms. The smallest absolute Gasteiger partial charge is 0.337 e. The molecule has 1 aromatic heterocycles.